The molecule has 0 aliphatic heterocycles. The van der Waals surface area contributed by atoms with Crippen LogP contribution >= 0.6 is 0 Å². The number of anilines is 2. The fourth-order valence-corrected chi connectivity index (χ4v) is 2.03. The molecule has 1 aromatic rings. The van der Waals surface area contributed by atoms with Gasteiger partial charge in [-0.05, 0) is 19.3 Å². The standard InChI is InChI=1S/C13H18N4O/c1-17(2)12-11(8-14-9-15-12)16-13(18)10-6-4-3-5-7-10/h3-4,8-10H,5-7H2,1-2H3,(H,16,18). The summed E-state index contributed by atoms with van der Waals surface area (Å²) in [5.41, 5.74) is 0.669. The van der Waals surface area contributed by atoms with Gasteiger partial charge < -0.3 is 10.2 Å². The Bertz CT molecular complexity index is 456. The third-order valence-corrected chi connectivity index (χ3v) is 3.01. The van der Waals surface area contributed by atoms with Crippen molar-refractivity contribution in [3.05, 3.63) is 24.7 Å². The molecule has 0 spiro atoms. The number of rotatable bonds is 3. The Hall–Kier alpha value is -1.91. The summed E-state index contributed by atoms with van der Waals surface area (Å²) in [6.07, 6.45) is 10.0. The molecule has 1 atom stereocenters. The third-order valence-electron chi connectivity index (χ3n) is 3.01. The first-order valence-corrected chi connectivity index (χ1v) is 6.11. The molecule has 0 aromatic carbocycles. The van der Waals surface area contributed by atoms with Crippen molar-refractivity contribution >= 4 is 17.4 Å². The number of amides is 1. The van der Waals surface area contributed by atoms with E-state index in [0.29, 0.717) is 5.69 Å². The molecule has 0 radical (unpaired) electrons. The van der Waals surface area contributed by atoms with Crippen LogP contribution in [0.5, 0.6) is 0 Å². The summed E-state index contributed by atoms with van der Waals surface area (Å²) in [4.78, 5) is 22.1. The van der Waals surface area contributed by atoms with Crippen molar-refractivity contribution in [1.29, 1.82) is 0 Å². The molecule has 18 heavy (non-hydrogen) atoms. The lowest BCUT2D eigenvalue weighted by molar-refractivity contribution is -0.120. The summed E-state index contributed by atoms with van der Waals surface area (Å²) in [5.74, 6) is 0.840. The van der Waals surface area contributed by atoms with E-state index in [9.17, 15) is 4.79 Å². The predicted octanol–water partition coefficient (Wildman–Crippen LogP) is 1.84. The monoisotopic (exact) mass is 246 g/mol. The van der Waals surface area contributed by atoms with E-state index < -0.39 is 0 Å². The minimum atomic E-state index is 0.0530. The van der Waals surface area contributed by atoms with E-state index in [1.54, 1.807) is 6.20 Å². The molecule has 0 saturated carbocycles. The van der Waals surface area contributed by atoms with Gasteiger partial charge in [-0.15, -0.1) is 0 Å². The molecule has 0 fully saturated rings. The Balaban J connectivity index is 2.09. The van der Waals surface area contributed by atoms with Crippen LogP contribution in [-0.2, 0) is 4.79 Å². The van der Waals surface area contributed by atoms with Crippen LogP contribution in [0.3, 0.4) is 0 Å². The summed E-state index contributed by atoms with van der Waals surface area (Å²) < 4.78 is 0. The normalized spacial score (nSPS) is 18.4. The van der Waals surface area contributed by atoms with E-state index in [1.165, 1.54) is 6.33 Å². The number of hydrogen-bond donors (Lipinski definition) is 1. The van der Waals surface area contributed by atoms with E-state index in [0.717, 1.165) is 25.1 Å². The first-order chi connectivity index (χ1) is 8.68. The first-order valence-electron chi connectivity index (χ1n) is 6.11. The average Bonchev–Trinajstić information content (AvgIpc) is 2.40. The molecule has 1 aliphatic rings. The molecule has 0 saturated heterocycles. The number of carbonyl (C=O) groups excluding carboxylic acids is 1. The van der Waals surface area contributed by atoms with Gasteiger partial charge in [0, 0.05) is 20.0 Å². The Labute approximate surface area is 107 Å². The van der Waals surface area contributed by atoms with Crippen molar-refractivity contribution in [3.63, 3.8) is 0 Å². The van der Waals surface area contributed by atoms with Crippen LogP contribution in [0.2, 0.25) is 0 Å². The topological polar surface area (TPSA) is 58.1 Å². The maximum absolute atomic E-state index is 12.1. The van der Waals surface area contributed by atoms with Gasteiger partial charge in [-0.1, -0.05) is 12.2 Å². The first kappa shape index (κ1) is 12.5. The minimum Gasteiger partial charge on any atom is -0.361 e. The third kappa shape index (κ3) is 2.85. The van der Waals surface area contributed by atoms with Gasteiger partial charge in [0.2, 0.25) is 5.91 Å². The second-order valence-corrected chi connectivity index (χ2v) is 4.63. The highest BCUT2D eigenvalue weighted by atomic mass is 16.1. The summed E-state index contributed by atoms with van der Waals surface area (Å²) in [7, 11) is 3.78. The van der Waals surface area contributed by atoms with Crippen molar-refractivity contribution in [3.8, 4) is 0 Å². The number of nitrogens with zero attached hydrogens (tertiary/aromatic N) is 3. The van der Waals surface area contributed by atoms with Gasteiger partial charge in [0.15, 0.2) is 5.82 Å². The number of carbonyl (C=O) groups is 1. The predicted molar refractivity (Wildman–Crippen MR) is 71.5 cm³/mol. The summed E-state index contributed by atoms with van der Waals surface area (Å²) in [5, 5.41) is 2.92. The molecule has 5 nitrogen and oxygen atoms in total. The molecule has 0 bridgehead atoms. The summed E-state index contributed by atoms with van der Waals surface area (Å²) >= 11 is 0. The zero-order chi connectivity index (χ0) is 13.0. The van der Waals surface area contributed by atoms with Gasteiger partial charge in [-0.25, -0.2) is 9.97 Å². The van der Waals surface area contributed by atoms with Crippen molar-refractivity contribution < 1.29 is 4.79 Å². The fraction of sp³-hybridized carbons (Fsp3) is 0.462. The van der Waals surface area contributed by atoms with E-state index in [2.05, 4.69) is 27.4 Å². The Kier molecular flexibility index (Phi) is 3.92. The molecule has 1 aromatic heterocycles. The average molecular weight is 246 g/mol. The lowest BCUT2D eigenvalue weighted by atomic mass is 9.93. The number of hydrogen-bond acceptors (Lipinski definition) is 4. The van der Waals surface area contributed by atoms with Crippen LogP contribution in [0.25, 0.3) is 0 Å². The smallest absolute Gasteiger partial charge is 0.227 e. The molecule has 2 rings (SSSR count). The van der Waals surface area contributed by atoms with Gasteiger partial charge in [-0.3, -0.25) is 4.79 Å². The van der Waals surface area contributed by atoms with Crippen LogP contribution in [0.4, 0.5) is 11.5 Å². The van der Waals surface area contributed by atoms with Crippen molar-refractivity contribution in [2.75, 3.05) is 24.3 Å². The van der Waals surface area contributed by atoms with Crippen LogP contribution in [0.1, 0.15) is 19.3 Å². The largest absolute Gasteiger partial charge is 0.361 e. The van der Waals surface area contributed by atoms with Gasteiger partial charge in [0.05, 0.1) is 6.20 Å². The van der Waals surface area contributed by atoms with E-state index in [1.807, 2.05) is 19.0 Å². The van der Waals surface area contributed by atoms with Gasteiger partial charge in [0.25, 0.3) is 0 Å². The maximum Gasteiger partial charge on any atom is 0.227 e. The SMILES string of the molecule is CN(C)c1ncncc1NC(=O)C1CC=CCC1. The van der Waals surface area contributed by atoms with Crippen LogP contribution < -0.4 is 10.2 Å². The van der Waals surface area contributed by atoms with Crippen molar-refractivity contribution in [1.82, 2.24) is 9.97 Å². The Morgan fingerprint density at radius 1 is 1.44 bits per heavy atom. The van der Waals surface area contributed by atoms with E-state index in [4.69, 9.17) is 0 Å². The van der Waals surface area contributed by atoms with Crippen molar-refractivity contribution in [2.45, 2.75) is 19.3 Å². The summed E-state index contributed by atoms with van der Waals surface area (Å²) in [6.45, 7) is 0. The zero-order valence-corrected chi connectivity index (χ0v) is 10.8. The second kappa shape index (κ2) is 5.62. The molecule has 1 amide bonds. The molecular formula is C13H18N4O. The Morgan fingerprint density at radius 2 is 2.28 bits per heavy atom. The van der Waals surface area contributed by atoms with Crippen molar-refractivity contribution in [2.24, 2.45) is 5.92 Å². The van der Waals surface area contributed by atoms with Crippen LogP contribution in [0.15, 0.2) is 24.7 Å². The van der Waals surface area contributed by atoms with E-state index in [-0.39, 0.29) is 11.8 Å². The summed E-state index contributed by atoms with van der Waals surface area (Å²) in [6, 6.07) is 0. The fourth-order valence-electron chi connectivity index (χ4n) is 2.03. The molecule has 1 heterocycles. The molecule has 1 N–H and O–H groups in total. The van der Waals surface area contributed by atoms with Gasteiger partial charge in [-0.2, -0.15) is 0 Å². The van der Waals surface area contributed by atoms with Gasteiger partial charge >= 0.3 is 0 Å². The quantitative estimate of drug-likeness (QED) is 0.827. The lowest BCUT2D eigenvalue weighted by Gasteiger charge is -2.20. The second-order valence-electron chi connectivity index (χ2n) is 4.63. The highest BCUT2D eigenvalue weighted by Gasteiger charge is 2.20. The number of aromatic nitrogens is 2. The number of allylic oxidation sites excluding steroid dienone is 2. The van der Waals surface area contributed by atoms with E-state index >= 15 is 0 Å². The highest BCUT2D eigenvalue weighted by Crippen LogP contribution is 2.23. The minimum absolute atomic E-state index is 0.0530. The molecule has 5 heteroatoms. The van der Waals surface area contributed by atoms with Gasteiger partial charge in [0.1, 0.15) is 12.0 Å². The molecule has 1 unspecified atom stereocenters. The zero-order valence-electron chi connectivity index (χ0n) is 10.8. The molecule has 1 aliphatic carbocycles. The number of nitrogens with one attached hydrogen (secondary N) is 1. The Morgan fingerprint density at radius 3 is 2.94 bits per heavy atom. The molecule has 96 valence electrons. The lowest BCUT2D eigenvalue weighted by Crippen LogP contribution is -2.25. The maximum atomic E-state index is 12.1. The van der Waals surface area contributed by atoms with Crippen LogP contribution in [0, 0.1) is 5.92 Å². The molecular weight excluding hydrogens is 228 g/mol. The highest BCUT2D eigenvalue weighted by molar-refractivity contribution is 5.95. The van der Waals surface area contributed by atoms with Crippen LogP contribution in [-0.4, -0.2) is 30.0 Å².